The average Bonchev–Trinajstić information content (AvgIpc) is 3.75. The standard InChI is InChI=1S/C32H28S/c1-20-25-9-3-4-10-26(25)21(2)28-17-22(12-13-27(20)28)29(33)11-6-15-31-16-14-23-7-5-8-24-18-32(23,24)30(31)19-31/h3-17,24,30,33H,18-19H2,1-2H3/b15-6+,29-11-. The van der Waals surface area contributed by atoms with Crippen molar-refractivity contribution in [1.29, 1.82) is 0 Å². The Balaban J connectivity index is 1.21. The van der Waals surface area contributed by atoms with E-state index in [0.717, 1.165) is 16.7 Å². The van der Waals surface area contributed by atoms with Gasteiger partial charge in [0.1, 0.15) is 0 Å². The molecule has 0 bridgehead atoms. The van der Waals surface area contributed by atoms with Crippen molar-refractivity contribution in [3.05, 3.63) is 113 Å². The lowest BCUT2D eigenvalue weighted by molar-refractivity contribution is 0.441. The Morgan fingerprint density at radius 1 is 0.970 bits per heavy atom. The fourth-order valence-corrected chi connectivity index (χ4v) is 7.17. The molecule has 4 aliphatic rings. The number of rotatable bonds is 3. The van der Waals surface area contributed by atoms with Crippen LogP contribution in [0.15, 0.2) is 96.6 Å². The van der Waals surface area contributed by atoms with Crippen LogP contribution in [-0.2, 0) is 0 Å². The molecular formula is C32H28S. The number of benzene rings is 3. The Hall–Kier alpha value is -2.77. The highest BCUT2D eigenvalue weighted by Gasteiger charge is 2.72. The zero-order valence-electron chi connectivity index (χ0n) is 19.2. The largest absolute Gasteiger partial charge is 0.143 e. The maximum Gasteiger partial charge on any atom is 0.0113 e. The lowest BCUT2D eigenvalue weighted by atomic mass is 9.77. The molecule has 0 heterocycles. The van der Waals surface area contributed by atoms with Crippen molar-refractivity contribution in [3.63, 3.8) is 0 Å². The number of aryl methyl sites for hydroxylation is 2. The summed E-state index contributed by atoms with van der Waals surface area (Å²) in [5.41, 5.74) is 6.17. The highest BCUT2D eigenvalue weighted by atomic mass is 32.1. The van der Waals surface area contributed by atoms with Crippen molar-refractivity contribution in [3.8, 4) is 0 Å². The lowest BCUT2D eigenvalue weighted by Crippen LogP contribution is -2.19. The fourth-order valence-electron chi connectivity index (χ4n) is 6.95. The van der Waals surface area contributed by atoms with Crippen molar-refractivity contribution >= 4 is 39.1 Å². The smallest absolute Gasteiger partial charge is 0.0113 e. The zero-order valence-corrected chi connectivity index (χ0v) is 20.1. The quantitative estimate of drug-likeness (QED) is 0.234. The summed E-state index contributed by atoms with van der Waals surface area (Å²) < 4.78 is 0. The van der Waals surface area contributed by atoms with Crippen molar-refractivity contribution in [2.24, 2.45) is 22.7 Å². The van der Waals surface area contributed by atoms with Crippen LogP contribution in [0.3, 0.4) is 0 Å². The summed E-state index contributed by atoms with van der Waals surface area (Å²) in [6.45, 7) is 4.48. The van der Waals surface area contributed by atoms with Crippen LogP contribution in [0.2, 0.25) is 0 Å². The van der Waals surface area contributed by atoms with E-state index >= 15 is 0 Å². The molecule has 0 aromatic heterocycles. The molecular weight excluding hydrogens is 416 g/mol. The van der Waals surface area contributed by atoms with Crippen molar-refractivity contribution in [1.82, 2.24) is 0 Å². The van der Waals surface area contributed by atoms with E-state index < -0.39 is 0 Å². The minimum atomic E-state index is 0.262. The first-order chi connectivity index (χ1) is 16.0. The van der Waals surface area contributed by atoms with Crippen LogP contribution in [0.25, 0.3) is 26.5 Å². The van der Waals surface area contributed by atoms with Gasteiger partial charge in [-0.3, -0.25) is 0 Å². The zero-order chi connectivity index (χ0) is 22.4. The van der Waals surface area contributed by atoms with Crippen LogP contribution < -0.4 is 0 Å². The minimum absolute atomic E-state index is 0.262. The third-order valence-electron chi connectivity index (χ3n) is 8.98. The number of thiol groups is 1. The second kappa shape index (κ2) is 6.64. The Bertz CT molecular complexity index is 1510. The number of hydrogen-bond donors (Lipinski definition) is 1. The molecule has 33 heavy (non-hydrogen) atoms. The van der Waals surface area contributed by atoms with Gasteiger partial charge in [-0.2, -0.15) is 0 Å². The van der Waals surface area contributed by atoms with Crippen LogP contribution in [0.4, 0.5) is 0 Å². The van der Waals surface area contributed by atoms with E-state index in [1.807, 2.05) is 0 Å². The fraction of sp³-hybridized carbons (Fsp3) is 0.250. The van der Waals surface area contributed by atoms with Gasteiger partial charge in [0.05, 0.1) is 0 Å². The van der Waals surface area contributed by atoms with E-state index in [-0.39, 0.29) is 5.41 Å². The van der Waals surface area contributed by atoms with E-state index in [4.69, 9.17) is 12.6 Å². The molecule has 2 fully saturated rings. The Kier molecular flexibility index (Phi) is 3.96. The summed E-state index contributed by atoms with van der Waals surface area (Å²) in [6, 6.07) is 15.5. The van der Waals surface area contributed by atoms with Gasteiger partial charge >= 0.3 is 0 Å². The van der Waals surface area contributed by atoms with E-state index in [1.54, 1.807) is 5.57 Å². The molecule has 4 aliphatic carbocycles. The van der Waals surface area contributed by atoms with Gasteiger partial charge in [-0.15, -0.1) is 12.6 Å². The predicted molar refractivity (Wildman–Crippen MR) is 144 cm³/mol. The molecule has 3 aromatic carbocycles. The van der Waals surface area contributed by atoms with Gasteiger partial charge < -0.3 is 0 Å². The van der Waals surface area contributed by atoms with Crippen LogP contribution in [0.5, 0.6) is 0 Å². The summed E-state index contributed by atoms with van der Waals surface area (Å²) in [5.74, 6) is 1.56. The van der Waals surface area contributed by atoms with Crippen molar-refractivity contribution < 1.29 is 0 Å². The van der Waals surface area contributed by atoms with Crippen molar-refractivity contribution in [2.45, 2.75) is 26.7 Å². The normalized spacial score (nSPS) is 31.5. The molecule has 0 amide bonds. The second-order valence-electron chi connectivity index (χ2n) is 10.5. The Morgan fingerprint density at radius 3 is 2.55 bits per heavy atom. The molecule has 3 aromatic rings. The molecule has 4 atom stereocenters. The predicted octanol–water partition coefficient (Wildman–Crippen LogP) is 8.52. The van der Waals surface area contributed by atoms with Crippen LogP contribution in [0.1, 0.15) is 29.5 Å². The summed E-state index contributed by atoms with van der Waals surface area (Å²) in [5, 5.41) is 5.35. The topological polar surface area (TPSA) is 0 Å². The SMILES string of the molecule is Cc1c2ccccc2c(C)c2cc(/C(S)=C/C=C/C34C=CC5=CC=CC6CC56C3C4)ccc12. The van der Waals surface area contributed by atoms with Crippen LogP contribution in [0, 0.1) is 36.5 Å². The molecule has 0 N–H and O–H groups in total. The molecule has 1 heteroatoms. The van der Waals surface area contributed by atoms with Gasteiger partial charge in [0, 0.05) is 15.7 Å². The second-order valence-corrected chi connectivity index (χ2v) is 11.0. The molecule has 0 radical (unpaired) electrons. The molecule has 4 unspecified atom stereocenters. The third-order valence-corrected chi connectivity index (χ3v) is 9.38. The highest BCUT2D eigenvalue weighted by molar-refractivity contribution is 7.90. The van der Waals surface area contributed by atoms with E-state index in [9.17, 15) is 0 Å². The molecule has 2 saturated carbocycles. The molecule has 0 nitrogen and oxygen atoms in total. The lowest BCUT2D eigenvalue weighted by Gasteiger charge is -2.27. The third kappa shape index (κ3) is 2.66. The van der Waals surface area contributed by atoms with Gasteiger partial charge in [0.2, 0.25) is 0 Å². The van der Waals surface area contributed by atoms with E-state index in [2.05, 4.69) is 105 Å². The molecule has 0 aliphatic heterocycles. The summed E-state index contributed by atoms with van der Waals surface area (Å²) in [4.78, 5) is 1.02. The average molecular weight is 445 g/mol. The highest BCUT2D eigenvalue weighted by Crippen LogP contribution is 2.79. The molecule has 0 saturated heterocycles. The summed E-state index contributed by atoms with van der Waals surface area (Å²) in [7, 11) is 0. The molecule has 7 rings (SSSR count). The van der Waals surface area contributed by atoms with E-state index in [0.29, 0.717) is 5.41 Å². The number of hydrogen-bond acceptors (Lipinski definition) is 1. The molecule has 162 valence electrons. The Labute approximate surface area is 201 Å². The number of fused-ring (bicyclic) bond motifs is 3. The maximum absolute atomic E-state index is 4.89. The maximum atomic E-state index is 4.89. The van der Waals surface area contributed by atoms with Crippen molar-refractivity contribution in [2.75, 3.05) is 0 Å². The van der Waals surface area contributed by atoms with Gasteiger partial charge in [0.25, 0.3) is 0 Å². The van der Waals surface area contributed by atoms with Crippen LogP contribution >= 0.6 is 12.6 Å². The monoisotopic (exact) mass is 444 g/mol. The first kappa shape index (κ1) is 19.7. The first-order valence-corrected chi connectivity index (χ1v) is 12.6. The van der Waals surface area contributed by atoms with Crippen LogP contribution in [-0.4, -0.2) is 0 Å². The van der Waals surface area contributed by atoms with Gasteiger partial charge in [0.15, 0.2) is 0 Å². The summed E-state index contributed by atoms with van der Waals surface area (Å²) >= 11 is 4.89. The minimum Gasteiger partial charge on any atom is -0.143 e. The van der Waals surface area contributed by atoms with Gasteiger partial charge in [-0.05, 0) is 94.5 Å². The van der Waals surface area contributed by atoms with Gasteiger partial charge in [-0.25, -0.2) is 0 Å². The first-order valence-electron chi connectivity index (χ1n) is 12.1. The molecule has 1 spiro atoms. The van der Waals surface area contributed by atoms with E-state index in [1.165, 1.54) is 51.1 Å². The summed E-state index contributed by atoms with van der Waals surface area (Å²) in [6.07, 6.45) is 21.4. The van der Waals surface area contributed by atoms with Gasteiger partial charge in [-0.1, -0.05) is 78.9 Å². The number of allylic oxidation sites excluding steroid dienone is 9. The Morgan fingerprint density at radius 2 is 1.73 bits per heavy atom.